The minimum absolute atomic E-state index is 0.0134. The van der Waals surface area contributed by atoms with E-state index in [1.54, 1.807) is 36.1 Å². The van der Waals surface area contributed by atoms with E-state index in [-0.39, 0.29) is 35.3 Å². The number of imidazole rings is 1. The topological polar surface area (TPSA) is 83.3 Å². The van der Waals surface area contributed by atoms with Gasteiger partial charge in [0.2, 0.25) is 0 Å². The van der Waals surface area contributed by atoms with Crippen LogP contribution in [0, 0.1) is 13.8 Å². The van der Waals surface area contributed by atoms with Crippen molar-refractivity contribution in [3.8, 4) is 5.75 Å². The summed E-state index contributed by atoms with van der Waals surface area (Å²) < 4.78 is 57.7. The third-order valence-electron chi connectivity index (χ3n) is 6.34. The number of nitrogens with zero attached hydrogens (tertiary/aromatic N) is 4. The number of para-hydroxylation sites is 2. The smallest absolute Gasteiger partial charge is 0.422 e. The Morgan fingerprint density at radius 2 is 1.97 bits per heavy atom. The molecule has 2 aromatic heterocycles. The second-order valence-corrected chi connectivity index (χ2v) is 10.1. The second-order valence-electron chi connectivity index (χ2n) is 8.76. The van der Waals surface area contributed by atoms with Gasteiger partial charge in [-0.05, 0) is 44.9 Å². The molecule has 1 radical (unpaired) electrons. The predicted molar refractivity (Wildman–Crippen MR) is 130 cm³/mol. The number of amides is 1. The molecule has 0 saturated heterocycles. The lowest BCUT2D eigenvalue weighted by Crippen LogP contribution is -2.44. The zero-order valence-electron chi connectivity index (χ0n) is 20.0. The van der Waals surface area contributed by atoms with Crippen LogP contribution in [0.3, 0.4) is 0 Å². The van der Waals surface area contributed by atoms with E-state index in [4.69, 9.17) is 4.74 Å². The molecular weight excluding hydrogens is 493 g/mol. The van der Waals surface area contributed by atoms with Gasteiger partial charge in [0.15, 0.2) is 12.4 Å². The van der Waals surface area contributed by atoms with Crippen LogP contribution in [-0.4, -0.2) is 55.4 Å². The summed E-state index contributed by atoms with van der Waals surface area (Å²) in [7, 11) is 0. The molecule has 1 saturated carbocycles. The molecule has 2 heterocycles. The molecule has 11 heteroatoms. The van der Waals surface area contributed by atoms with Crippen molar-refractivity contribution in [1.82, 2.24) is 19.4 Å². The monoisotopic (exact) mass is 521 g/mol. The first-order valence-electron chi connectivity index (χ1n) is 11.8. The summed E-state index contributed by atoms with van der Waals surface area (Å²) in [6.07, 6.45) is 1.82. The quantitative estimate of drug-likeness (QED) is 0.388. The highest BCUT2D eigenvalue weighted by Crippen LogP contribution is 2.29. The number of ether oxygens (including phenoxy) is 1. The maximum Gasteiger partial charge on any atom is 0.422 e. The van der Waals surface area contributed by atoms with Crippen LogP contribution in [0.15, 0.2) is 41.7 Å². The average molecular weight is 522 g/mol. The van der Waals surface area contributed by atoms with E-state index in [1.807, 2.05) is 0 Å². The van der Waals surface area contributed by atoms with E-state index >= 15 is 0 Å². The van der Waals surface area contributed by atoms with Gasteiger partial charge in [0.1, 0.15) is 5.75 Å². The summed E-state index contributed by atoms with van der Waals surface area (Å²) in [6.45, 7) is 4.35. The van der Waals surface area contributed by atoms with E-state index in [0.29, 0.717) is 22.3 Å². The lowest BCUT2D eigenvalue weighted by Gasteiger charge is -2.33. The summed E-state index contributed by atoms with van der Waals surface area (Å²) in [5, 5.41) is 0.0678. The van der Waals surface area contributed by atoms with Crippen LogP contribution in [0.25, 0.3) is 11.0 Å². The lowest BCUT2D eigenvalue weighted by molar-refractivity contribution is -0.153. The molecule has 4 rings (SSSR count). The molecule has 1 aliphatic rings. The first-order valence-corrected chi connectivity index (χ1v) is 13.1. The number of hydrogen-bond donors (Lipinski definition) is 0. The van der Waals surface area contributed by atoms with E-state index < -0.39 is 24.0 Å². The Bertz CT molecular complexity index is 1210. The van der Waals surface area contributed by atoms with Gasteiger partial charge in [0.05, 0.1) is 16.7 Å². The predicted octanol–water partition coefficient (Wildman–Crippen LogP) is 5.43. The van der Waals surface area contributed by atoms with Crippen LogP contribution in [0.1, 0.15) is 43.4 Å². The highest BCUT2D eigenvalue weighted by Gasteiger charge is 2.33. The SMILES string of the molecule is [CH2]CN(C(=O)n1c([S+]([O-])Cc2nccc(OCC(F)(F)F)c2C)nc2ccccc21)C1CCCCC1. The fraction of sp³-hybridized carbons (Fsp3) is 0.440. The maximum absolute atomic E-state index is 13.8. The third kappa shape index (κ3) is 5.78. The van der Waals surface area contributed by atoms with E-state index in [1.165, 1.54) is 16.8 Å². The number of pyridine rings is 1. The number of carbonyl (C=O) groups is 1. The zero-order valence-corrected chi connectivity index (χ0v) is 20.8. The van der Waals surface area contributed by atoms with Gasteiger partial charge >= 0.3 is 17.4 Å². The molecule has 193 valence electrons. The van der Waals surface area contributed by atoms with Crippen LogP contribution in [0.4, 0.5) is 18.0 Å². The highest BCUT2D eigenvalue weighted by atomic mass is 32.2. The summed E-state index contributed by atoms with van der Waals surface area (Å²) in [4.78, 5) is 24.2. The Kier molecular flexibility index (Phi) is 8.09. The van der Waals surface area contributed by atoms with Crippen LogP contribution in [0.2, 0.25) is 0 Å². The maximum atomic E-state index is 13.8. The van der Waals surface area contributed by atoms with Gasteiger partial charge in [-0.25, -0.2) is 9.36 Å². The Labute approximate surface area is 210 Å². The molecule has 1 aliphatic carbocycles. The number of benzene rings is 1. The van der Waals surface area contributed by atoms with Crippen molar-refractivity contribution in [2.45, 2.75) is 62.2 Å². The fourth-order valence-electron chi connectivity index (χ4n) is 4.51. The summed E-state index contributed by atoms with van der Waals surface area (Å²) in [5.74, 6) is -0.126. The molecule has 1 unspecified atom stereocenters. The Hall–Kier alpha value is -2.79. The number of hydrogen-bond acceptors (Lipinski definition) is 5. The molecule has 7 nitrogen and oxygen atoms in total. The minimum atomic E-state index is -4.48. The van der Waals surface area contributed by atoms with Gasteiger partial charge < -0.3 is 14.2 Å². The van der Waals surface area contributed by atoms with E-state index in [0.717, 1.165) is 32.1 Å². The van der Waals surface area contributed by atoms with Crippen LogP contribution in [-0.2, 0) is 16.9 Å². The number of alkyl halides is 3. The van der Waals surface area contributed by atoms with Gasteiger partial charge in [0, 0.05) is 35.5 Å². The molecule has 36 heavy (non-hydrogen) atoms. The van der Waals surface area contributed by atoms with Crippen LogP contribution in [0.5, 0.6) is 5.75 Å². The molecule has 3 aromatic rings. The standard InChI is InChI=1S/C25H28F3N4O3S/c1-3-31(18-9-5-4-6-10-18)24(33)32-21-12-8-7-11-19(21)30-23(32)36(34)15-20-17(2)22(13-14-29-20)35-16-25(26,27)28/h7-8,11-14,18H,1,3-6,9-10,15-16H2,2H3. The summed E-state index contributed by atoms with van der Waals surface area (Å²) in [5.41, 5.74) is 1.71. The molecule has 1 fully saturated rings. The number of rotatable bonds is 7. The fourth-order valence-corrected chi connectivity index (χ4v) is 5.75. The van der Waals surface area contributed by atoms with E-state index in [2.05, 4.69) is 16.9 Å². The lowest BCUT2D eigenvalue weighted by atomic mass is 9.94. The molecule has 0 aliphatic heterocycles. The van der Waals surface area contributed by atoms with Crippen molar-refractivity contribution in [1.29, 1.82) is 0 Å². The normalized spacial score (nSPS) is 15.7. The van der Waals surface area contributed by atoms with Crippen molar-refractivity contribution in [2.24, 2.45) is 0 Å². The second kappa shape index (κ2) is 11.1. The van der Waals surface area contributed by atoms with Crippen LogP contribution < -0.4 is 4.74 Å². The first kappa shape index (κ1) is 26.3. The van der Waals surface area contributed by atoms with Crippen molar-refractivity contribution in [3.05, 3.63) is 54.7 Å². The zero-order chi connectivity index (χ0) is 25.9. The number of aromatic nitrogens is 3. The first-order chi connectivity index (χ1) is 17.2. The third-order valence-corrected chi connectivity index (χ3v) is 7.56. The largest absolute Gasteiger partial charge is 0.609 e. The van der Waals surface area contributed by atoms with Crippen molar-refractivity contribution < 1.29 is 27.3 Å². The number of halogens is 3. The Morgan fingerprint density at radius 3 is 2.67 bits per heavy atom. The molecule has 0 N–H and O–H groups in total. The Balaban J connectivity index is 1.65. The Morgan fingerprint density at radius 1 is 1.25 bits per heavy atom. The molecular formula is C25H28F3N4O3S. The van der Waals surface area contributed by atoms with Crippen LogP contribution >= 0.6 is 0 Å². The van der Waals surface area contributed by atoms with E-state index in [9.17, 15) is 22.5 Å². The summed E-state index contributed by atoms with van der Waals surface area (Å²) >= 11 is -1.82. The molecule has 1 amide bonds. The van der Waals surface area contributed by atoms with Gasteiger partial charge in [0.25, 0.3) is 0 Å². The summed E-state index contributed by atoms with van der Waals surface area (Å²) in [6, 6.07) is 8.11. The van der Waals surface area contributed by atoms with Crippen molar-refractivity contribution in [3.63, 3.8) is 0 Å². The van der Waals surface area contributed by atoms with Gasteiger partial charge in [-0.15, -0.1) is 0 Å². The molecule has 0 spiro atoms. The average Bonchev–Trinajstić information content (AvgIpc) is 3.25. The number of carbonyl (C=O) groups excluding carboxylic acids is 1. The van der Waals surface area contributed by atoms with Gasteiger partial charge in [-0.2, -0.15) is 18.2 Å². The van der Waals surface area contributed by atoms with Crippen molar-refractivity contribution >= 4 is 28.2 Å². The molecule has 0 bridgehead atoms. The van der Waals surface area contributed by atoms with Gasteiger partial charge in [-0.1, -0.05) is 31.4 Å². The molecule has 1 aromatic carbocycles. The minimum Gasteiger partial charge on any atom is -0.609 e. The molecule has 1 atom stereocenters. The highest BCUT2D eigenvalue weighted by molar-refractivity contribution is 7.90. The van der Waals surface area contributed by atoms with Crippen molar-refractivity contribution in [2.75, 3.05) is 13.2 Å². The number of fused-ring (bicyclic) bond motifs is 1. The van der Waals surface area contributed by atoms with Gasteiger partial charge in [-0.3, -0.25) is 4.98 Å².